The minimum Gasteiger partial charge on any atom is -0.481 e. The third kappa shape index (κ3) is 5.51. The molecule has 0 aliphatic rings. The molecule has 0 radical (unpaired) electrons. The van der Waals surface area contributed by atoms with Crippen LogP contribution in [0.3, 0.4) is 0 Å². The number of carbonyl (C=O) groups is 2. The fourth-order valence-corrected chi connectivity index (χ4v) is 3.07. The van der Waals surface area contributed by atoms with Crippen LogP contribution in [0.5, 0.6) is 0 Å². The largest absolute Gasteiger partial charge is 0.481 e. The molecular weight excluding hydrogens is 256 g/mol. The molecule has 0 aromatic heterocycles. The predicted molar refractivity (Wildman–Crippen MR) is 79.7 cm³/mol. The molecule has 0 aliphatic heterocycles. The maximum Gasteiger partial charge on any atom is 0.310 e. The summed E-state index contributed by atoms with van der Waals surface area (Å²) in [6, 6.07) is 0. The van der Waals surface area contributed by atoms with Crippen molar-refractivity contribution in [3.8, 4) is 0 Å². The van der Waals surface area contributed by atoms with E-state index in [1.165, 1.54) is 0 Å². The molecule has 4 nitrogen and oxygen atoms in total. The fraction of sp³-hybridized carbons (Fsp3) is 0.875. The molecule has 0 unspecified atom stereocenters. The first-order chi connectivity index (χ1) is 9.25. The van der Waals surface area contributed by atoms with Crippen molar-refractivity contribution in [3.05, 3.63) is 0 Å². The van der Waals surface area contributed by atoms with Crippen LogP contribution in [0.4, 0.5) is 0 Å². The predicted octanol–water partition coefficient (Wildman–Crippen LogP) is 4.18. The van der Waals surface area contributed by atoms with E-state index in [4.69, 9.17) is 5.11 Å². The Hall–Kier alpha value is -1.06. The second-order valence-electron chi connectivity index (χ2n) is 6.32. The van der Waals surface area contributed by atoms with Gasteiger partial charge in [-0.05, 0) is 24.7 Å². The highest BCUT2D eigenvalue weighted by Crippen LogP contribution is 2.41. The Morgan fingerprint density at radius 1 is 0.850 bits per heavy atom. The summed E-state index contributed by atoms with van der Waals surface area (Å²) in [6.45, 7) is 7.95. The minimum absolute atomic E-state index is 0.118. The number of rotatable bonds is 11. The number of aliphatic carboxylic acids is 2. The van der Waals surface area contributed by atoms with Gasteiger partial charge in [-0.15, -0.1) is 0 Å². The molecule has 0 amide bonds. The van der Waals surface area contributed by atoms with Gasteiger partial charge in [-0.1, -0.05) is 53.4 Å². The molecule has 0 saturated carbocycles. The zero-order valence-corrected chi connectivity index (χ0v) is 13.3. The quantitative estimate of drug-likeness (QED) is 0.559. The fourth-order valence-electron chi connectivity index (χ4n) is 3.07. The lowest BCUT2D eigenvalue weighted by atomic mass is 9.66. The molecule has 0 aliphatic carbocycles. The van der Waals surface area contributed by atoms with Crippen LogP contribution < -0.4 is 0 Å². The Balaban J connectivity index is 4.17. The maximum atomic E-state index is 11.7. The molecule has 0 saturated heterocycles. The summed E-state index contributed by atoms with van der Waals surface area (Å²) in [5, 5.41) is 18.1. The molecule has 4 heteroatoms. The Kier molecular flexibility index (Phi) is 8.51. The zero-order chi connectivity index (χ0) is 15.8. The summed E-state index contributed by atoms with van der Waals surface area (Å²) in [6.07, 6.45) is 5.43. The first-order valence-corrected chi connectivity index (χ1v) is 7.70. The number of hydrogen-bond acceptors (Lipinski definition) is 2. The molecule has 0 rings (SSSR count). The highest BCUT2D eigenvalue weighted by Gasteiger charge is 2.43. The van der Waals surface area contributed by atoms with Gasteiger partial charge in [0.25, 0.3) is 0 Å². The van der Waals surface area contributed by atoms with Crippen molar-refractivity contribution >= 4 is 11.9 Å². The Morgan fingerprint density at radius 3 is 1.70 bits per heavy atom. The first kappa shape index (κ1) is 18.9. The van der Waals surface area contributed by atoms with E-state index >= 15 is 0 Å². The Morgan fingerprint density at radius 2 is 1.30 bits per heavy atom. The Labute approximate surface area is 122 Å². The van der Waals surface area contributed by atoms with Gasteiger partial charge in [0, 0.05) is 6.42 Å². The number of carboxylic acid groups (broad SMARTS) is 2. The Bertz CT molecular complexity index is 300. The number of unbranched alkanes of at least 4 members (excludes halogenated alkanes) is 4. The summed E-state index contributed by atoms with van der Waals surface area (Å²) in [5.74, 6) is -1.19. The van der Waals surface area contributed by atoms with Gasteiger partial charge in [-0.2, -0.15) is 0 Å². The van der Waals surface area contributed by atoms with Crippen LogP contribution in [-0.4, -0.2) is 22.2 Å². The van der Waals surface area contributed by atoms with Gasteiger partial charge in [-0.25, -0.2) is 0 Å². The van der Waals surface area contributed by atoms with Crippen LogP contribution in [0.1, 0.15) is 72.6 Å². The topological polar surface area (TPSA) is 74.6 Å². The molecule has 20 heavy (non-hydrogen) atoms. The molecule has 0 aromatic carbocycles. The van der Waals surface area contributed by atoms with Crippen molar-refractivity contribution in [1.82, 2.24) is 0 Å². The molecule has 0 aromatic rings. The molecule has 0 heterocycles. The first-order valence-electron chi connectivity index (χ1n) is 7.70. The summed E-state index contributed by atoms with van der Waals surface area (Å²) in [7, 11) is 0. The van der Waals surface area contributed by atoms with E-state index in [-0.39, 0.29) is 18.3 Å². The van der Waals surface area contributed by atoms with Gasteiger partial charge >= 0.3 is 11.9 Å². The third-order valence-electron chi connectivity index (χ3n) is 4.44. The average Bonchev–Trinajstić information content (AvgIpc) is 2.30. The highest BCUT2D eigenvalue weighted by atomic mass is 16.4. The van der Waals surface area contributed by atoms with Crippen LogP contribution in [0.25, 0.3) is 0 Å². The van der Waals surface area contributed by atoms with Crippen LogP contribution in [0, 0.1) is 17.3 Å². The second-order valence-corrected chi connectivity index (χ2v) is 6.32. The van der Waals surface area contributed by atoms with Gasteiger partial charge in [0.1, 0.15) is 0 Å². The molecular formula is C16H30O4. The lowest BCUT2D eigenvalue weighted by molar-refractivity contribution is -0.156. The van der Waals surface area contributed by atoms with Crippen molar-refractivity contribution in [2.45, 2.75) is 72.6 Å². The van der Waals surface area contributed by atoms with Crippen molar-refractivity contribution in [2.75, 3.05) is 0 Å². The van der Waals surface area contributed by atoms with Gasteiger partial charge < -0.3 is 10.2 Å². The number of hydrogen-bond donors (Lipinski definition) is 2. The van der Waals surface area contributed by atoms with E-state index in [1.54, 1.807) is 0 Å². The molecule has 0 spiro atoms. The molecule has 0 fully saturated rings. The minimum atomic E-state index is -0.741. The maximum absolute atomic E-state index is 11.7. The van der Waals surface area contributed by atoms with Crippen LogP contribution in [-0.2, 0) is 9.59 Å². The van der Waals surface area contributed by atoms with E-state index < -0.39 is 17.4 Å². The highest BCUT2D eigenvalue weighted by molar-refractivity contribution is 5.75. The second kappa shape index (κ2) is 8.98. The molecule has 0 atom stereocenters. The van der Waals surface area contributed by atoms with Gasteiger partial charge in [-0.3, -0.25) is 9.59 Å². The van der Waals surface area contributed by atoms with Crippen LogP contribution in [0.15, 0.2) is 0 Å². The van der Waals surface area contributed by atoms with Crippen molar-refractivity contribution in [3.63, 3.8) is 0 Å². The zero-order valence-electron chi connectivity index (χ0n) is 13.3. The van der Waals surface area contributed by atoms with Crippen molar-refractivity contribution in [1.29, 1.82) is 0 Å². The normalized spacial score (nSPS) is 12.1. The SMILES string of the molecule is CC(C)C(CCCCCCCC(=O)O)(C(=O)O)C(C)C. The van der Waals surface area contributed by atoms with E-state index in [9.17, 15) is 14.7 Å². The standard InChI is InChI=1S/C16H30O4/c1-12(2)16(13(3)4,15(19)20)11-9-7-5-6-8-10-14(17)18/h12-13H,5-11H2,1-4H3,(H,17,18)(H,19,20). The van der Waals surface area contributed by atoms with Gasteiger partial charge in [0.2, 0.25) is 0 Å². The monoisotopic (exact) mass is 286 g/mol. The lowest BCUT2D eigenvalue weighted by Gasteiger charge is -2.37. The smallest absolute Gasteiger partial charge is 0.310 e. The molecule has 0 bridgehead atoms. The number of carboxylic acids is 2. The van der Waals surface area contributed by atoms with E-state index in [1.807, 2.05) is 27.7 Å². The average molecular weight is 286 g/mol. The molecule has 2 N–H and O–H groups in total. The summed E-state index contributed by atoms with van der Waals surface area (Å²) in [4.78, 5) is 22.1. The van der Waals surface area contributed by atoms with Crippen molar-refractivity contribution < 1.29 is 19.8 Å². The van der Waals surface area contributed by atoms with Crippen LogP contribution >= 0.6 is 0 Å². The van der Waals surface area contributed by atoms with Gasteiger partial charge in [0.05, 0.1) is 5.41 Å². The third-order valence-corrected chi connectivity index (χ3v) is 4.44. The van der Waals surface area contributed by atoms with E-state index in [0.29, 0.717) is 12.8 Å². The van der Waals surface area contributed by atoms with E-state index in [2.05, 4.69) is 0 Å². The van der Waals surface area contributed by atoms with Crippen LogP contribution in [0.2, 0.25) is 0 Å². The summed E-state index contributed by atoms with van der Waals surface area (Å²) in [5.41, 5.74) is -0.638. The summed E-state index contributed by atoms with van der Waals surface area (Å²) < 4.78 is 0. The molecule has 118 valence electrons. The summed E-state index contributed by atoms with van der Waals surface area (Å²) >= 11 is 0. The lowest BCUT2D eigenvalue weighted by Crippen LogP contribution is -2.41. The van der Waals surface area contributed by atoms with E-state index in [0.717, 1.165) is 25.7 Å². The van der Waals surface area contributed by atoms with Crippen molar-refractivity contribution in [2.24, 2.45) is 17.3 Å². The van der Waals surface area contributed by atoms with Gasteiger partial charge in [0.15, 0.2) is 0 Å².